The lowest BCUT2D eigenvalue weighted by atomic mass is 9.90. The number of rotatable bonds is 2. The molecule has 2 aliphatic rings. The molecular formula is C9H15NO2. The molecule has 1 fully saturated rings. The van der Waals surface area contributed by atoms with Gasteiger partial charge in [-0.3, -0.25) is 0 Å². The maximum atomic E-state index is 5.33. The Morgan fingerprint density at radius 2 is 2.42 bits per heavy atom. The summed E-state index contributed by atoms with van der Waals surface area (Å²) in [4.78, 5) is 5.28. The van der Waals surface area contributed by atoms with E-state index in [0.717, 1.165) is 13.0 Å². The first-order valence-corrected chi connectivity index (χ1v) is 4.64. The van der Waals surface area contributed by atoms with Crippen LogP contribution >= 0.6 is 0 Å². The molecule has 2 heterocycles. The van der Waals surface area contributed by atoms with Gasteiger partial charge in [0.25, 0.3) is 0 Å². The third-order valence-electron chi connectivity index (χ3n) is 2.82. The molecule has 3 nitrogen and oxygen atoms in total. The van der Waals surface area contributed by atoms with Crippen LogP contribution in [0.15, 0.2) is 5.16 Å². The second kappa shape index (κ2) is 3.05. The second-order valence-corrected chi connectivity index (χ2v) is 3.61. The SMILES string of the molecule is CCC(C)C1=NOC2COCC12. The minimum atomic E-state index is 0.217. The molecule has 0 aliphatic carbocycles. The van der Waals surface area contributed by atoms with Crippen molar-refractivity contribution in [3.8, 4) is 0 Å². The van der Waals surface area contributed by atoms with Crippen molar-refractivity contribution < 1.29 is 9.57 Å². The largest absolute Gasteiger partial charge is 0.389 e. The molecule has 12 heavy (non-hydrogen) atoms. The summed E-state index contributed by atoms with van der Waals surface area (Å²) >= 11 is 0. The molecular weight excluding hydrogens is 154 g/mol. The molecule has 0 spiro atoms. The van der Waals surface area contributed by atoms with Crippen molar-refractivity contribution in [2.75, 3.05) is 13.2 Å². The van der Waals surface area contributed by atoms with Crippen LogP contribution in [0.5, 0.6) is 0 Å². The van der Waals surface area contributed by atoms with Crippen LogP contribution in [0.1, 0.15) is 20.3 Å². The summed E-state index contributed by atoms with van der Waals surface area (Å²) in [6, 6.07) is 0. The lowest BCUT2D eigenvalue weighted by Crippen LogP contribution is -2.25. The van der Waals surface area contributed by atoms with Gasteiger partial charge in [0.1, 0.15) is 0 Å². The standard InChI is InChI=1S/C9H15NO2/c1-3-6(2)9-7-4-11-5-8(7)12-10-9/h6-8H,3-5H2,1-2H3. The van der Waals surface area contributed by atoms with Crippen LogP contribution in [0.25, 0.3) is 0 Å². The predicted molar refractivity (Wildman–Crippen MR) is 46.1 cm³/mol. The third kappa shape index (κ3) is 1.12. The van der Waals surface area contributed by atoms with Crippen LogP contribution in [-0.2, 0) is 9.57 Å². The van der Waals surface area contributed by atoms with Crippen molar-refractivity contribution in [3.63, 3.8) is 0 Å². The molecule has 1 saturated heterocycles. The first-order valence-electron chi connectivity index (χ1n) is 4.64. The molecule has 0 bridgehead atoms. The van der Waals surface area contributed by atoms with Crippen LogP contribution in [-0.4, -0.2) is 25.0 Å². The van der Waals surface area contributed by atoms with Gasteiger partial charge in [0.2, 0.25) is 0 Å². The summed E-state index contributed by atoms with van der Waals surface area (Å²) in [6.45, 7) is 5.89. The first-order chi connectivity index (χ1) is 5.83. The van der Waals surface area contributed by atoms with Crippen molar-refractivity contribution in [3.05, 3.63) is 0 Å². The van der Waals surface area contributed by atoms with Gasteiger partial charge < -0.3 is 9.57 Å². The van der Waals surface area contributed by atoms with E-state index in [0.29, 0.717) is 18.4 Å². The van der Waals surface area contributed by atoms with Gasteiger partial charge >= 0.3 is 0 Å². The molecule has 3 unspecified atom stereocenters. The third-order valence-corrected chi connectivity index (χ3v) is 2.82. The first kappa shape index (κ1) is 8.05. The zero-order chi connectivity index (χ0) is 8.55. The molecule has 0 radical (unpaired) electrons. The van der Waals surface area contributed by atoms with Gasteiger partial charge in [0.15, 0.2) is 6.10 Å². The number of oxime groups is 1. The summed E-state index contributed by atoms with van der Waals surface area (Å²) in [5.41, 5.74) is 1.21. The zero-order valence-corrected chi connectivity index (χ0v) is 7.62. The normalized spacial score (nSPS) is 35.7. The molecule has 3 atom stereocenters. The molecule has 2 aliphatic heterocycles. The maximum absolute atomic E-state index is 5.33. The molecule has 2 rings (SSSR count). The molecule has 0 aromatic heterocycles. The van der Waals surface area contributed by atoms with Crippen LogP contribution in [0.3, 0.4) is 0 Å². The highest BCUT2D eigenvalue weighted by atomic mass is 16.7. The minimum Gasteiger partial charge on any atom is -0.389 e. The summed E-state index contributed by atoms with van der Waals surface area (Å²) in [6.07, 6.45) is 1.35. The van der Waals surface area contributed by atoms with E-state index in [9.17, 15) is 0 Å². The van der Waals surface area contributed by atoms with E-state index in [1.165, 1.54) is 5.71 Å². The number of hydrogen-bond donors (Lipinski definition) is 0. The van der Waals surface area contributed by atoms with E-state index < -0.39 is 0 Å². The molecule has 3 heteroatoms. The molecule has 0 aromatic rings. The fraction of sp³-hybridized carbons (Fsp3) is 0.889. The Balaban J connectivity index is 2.07. The van der Waals surface area contributed by atoms with Crippen molar-refractivity contribution >= 4 is 5.71 Å². The van der Waals surface area contributed by atoms with Gasteiger partial charge in [-0.15, -0.1) is 0 Å². The summed E-state index contributed by atoms with van der Waals surface area (Å²) in [5.74, 6) is 0.988. The molecule has 68 valence electrons. The average molecular weight is 169 g/mol. The quantitative estimate of drug-likeness (QED) is 0.626. The van der Waals surface area contributed by atoms with E-state index in [-0.39, 0.29) is 6.10 Å². The molecule has 0 N–H and O–H groups in total. The minimum absolute atomic E-state index is 0.217. The average Bonchev–Trinajstić information content (AvgIpc) is 2.62. The summed E-state index contributed by atoms with van der Waals surface area (Å²) < 4.78 is 5.33. The van der Waals surface area contributed by atoms with E-state index in [1.54, 1.807) is 0 Å². The van der Waals surface area contributed by atoms with Gasteiger partial charge in [-0.25, -0.2) is 0 Å². The highest BCUT2D eigenvalue weighted by molar-refractivity contribution is 5.90. The van der Waals surface area contributed by atoms with Gasteiger partial charge in [-0.1, -0.05) is 19.0 Å². The molecule has 0 amide bonds. The zero-order valence-electron chi connectivity index (χ0n) is 7.62. The Morgan fingerprint density at radius 1 is 1.58 bits per heavy atom. The van der Waals surface area contributed by atoms with Gasteiger partial charge in [0.05, 0.1) is 24.8 Å². The Bertz CT molecular complexity index is 203. The maximum Gasteiger partial charge on any atom is 0.161 e. The van der Waals surface area contributed by atoms with Crippen molar-refractivity contribution in [2.24, 2.45) is 17.0 Å². The number of nitrogens with zero attached hydrogens (tertiary/aromatic N) is 1. The van der Waals surface area contributed by atoms with Crippen LogP contribution in [0.4, 0.5) is 0 Å². The topological polar surface area (TPSA) is 30.8 Å². The van der Waals surface area contributed by atoms with E-state index in [1.807, 2.05) is 0 Å². The number of fused-ring (bicyclic) bond motifs is 1. The van der Waals surface area contributed by atoms with E-state index >= 15 is 0 Å². The van der Waals surface area contributed by atoms with Crippen LogP contribution in [0, 0.1) is 11.8 Å². The number of hydrogen-bond acceptors (Lipinski definition) is 3. The van der Waals surface area contributed by atoms with E-state index in [4.69, 9.17) is 9.57 Å². The van der Waals surface area contributed by atoms with Crippen molar-refractivity contribution in [1.29, 1.82) is 0 Å². The van der Waals surface area contributed by atoms with Crippen molar-refractivity contribution in [2.45, 2.75) is 26.4 Å². The highest BCUT2D eigenvalue weighted by Gasteiger charge is 2.40. The summed E-state index contributed by atoms with van der Waals surface area (Å²) in [5, 5.41) is 4.13. The second-order valence-electron chi connectivity index (χ2n) is 3.61. The lowest BCUT2D eigenvalue weighted by Gasteiger charge is -2.11. The Kier molecular flexibility index (Phi) is 2.05. The lowest BCUT2D eigenvalue weighted by molar-refractivity contribution is 0.0557. The molecule has 0 aromatic carbocycles. The Morgan fingerprint density at radius 3 is 3.17 bits per heavy atom. The van der Waals surface area contributed by atoms with Gasteiger partial charge in [-0.05, 0) is 12.3 Å². The molecule has 0 saturated carbocycles. The van der Waals surface area contributed by atoms with Crippen LogP contribution in [0.2, 0.25) is 0 Å². The number of ether oxygens (including phenoxy) is 1. The monoisotopic (exact) mass is 169 g/mol. The summed E-state index contributed by atoms with van der Waals surface area (Å²) in [7, 11) is 0. The fourth-order valence-electron chi connectivity index (χ4n) is 1.78. The smallest absolute Gasteiger partial charge is 0.161 e. The van der Waals surface area contributed by atoms with Crippen molar-refractivity contribution in [1.82, 2.24) is 0 Å². The Hall–Kier alpha value is -0.570. The predicted octanol–water partition coefficient (Wildman–Crippen LogP) is 1.43. The highest BCUT2D eigenvalue weighted by Crippen LogP contribution is 2.29. The van der Waals surface area contributed by atoms with Crippen LogP contribution < -0.4 is 0 Å². The Labute approximate surface area is 72.7 Å². The van der Waals surface area contributed by atoms with Gasteiger partial charge in [0, 0.05) is 0 Å². The fourth-order valence-corrected chi connectivity index (χ4v) is 1.78. The van der Waals surface area contributed by atoms with Gasteiger partial charge in [-0.2, -0.15) is 0 Å². The van der Waals surface area contributed by atoms with E-state index in [2.05, 4.69) is 19.0 Å².